The molecule has 2 aromatic rings. The van der Waals surface area contributed by atoms with E-state index in [4.69, 9.17) is 4.52 Å². The minimum absolute atomic E-state index is 0.0840. The van der Waals surface area contributed by atoms with Crippen LogP contribution in [0.25, 0.3) is 0 Å². The lowest BCUT2D eigenvalue weighted by Gasteiger charge is -2.26. The Morgan fingerprint density at radius 2 is 2.00 bits per heavy atom. The second-order valence-electron chi connectivity index (χ2n) is 7.80. The van der Waals surface area contributed by atoms with Crippen LogP contribution in [0.1, 0.15) is 64.9 Å². The zero-order valence-corrected chi connectivity index (χ0v) is 15.3. The lowest BCUT2D eigenvalue weighted by atomic mass is 9.75. The van der Waals surface area contributed by atoms with Crippen LogP contribution in [-0.2, 0) is 12.8 Å². The predicted molar refractivity (Wildman–Crippen MR) is 96.2 cm³/mol. The van der Waals surface area contributed by atoms with E-state index in [-0.39, 0.29) is 23.7 Å². The van der Waals surface area contributed by atoms with Crippen molar-refractivity contribution in [3.05, 3.63) is 52.4 Å². The molecule has 1 aromatic carbocycles. The number of aromatic nitrogens is 1. The summed E-state index contributed by atoms with van der Waals surface area (Å²) in [4.78, 5) is 24.4. The highest BCUT2D eigenvalue weighted by atomic mass is 16.5. The predicted octanol–water partition coefficient (Wildman–Crippen LogP) is 2.53. The molecule has 0 spiro atoms. The van der Waals surface area contributed by atoms with Crippen molar-refractivity contribution < 1.29 is 19.2 Å². The number of benzene rings is 1. The molecule has 138 valence electrons. The maximum absolute atomic E-state index is 12.5. The smallest absolute Gasteiger partial charge is 0.251 e. The molecule has 0 aliphatic heterocycles. The number of carbonyl (C=O) groups is 2. The fraction of sp³-hybridized carbons (Fsp3) is 0.450. The lowest BCUT2D eigenvalue weighted by Crippen LogP contribution is -2.30. The van der Waals surface area contributed by atoms with Gasteiger partial charge in [0.15, 0.2) is 11.5 Å². The molecule has 0 radical (unpaired) electrons. The number of fused-ring (bicyclic) bond motifs is 1. The van der Waals surface area contributed by atoms with Crippen LogP contribution in [0.3, 0.4) is 0 Å². The third-order valence-electron chi connectivity index (χ3n) is 4.54. The quantitative estimate of drug-likeness (QED) is 0.859. The molecule has 6 nitrogen and oxygen atoms in total. The van der Waals surface area contributed by atoms with E-state index in [1.54, 1.807) is 19.1 Å². The molecular weight excluding hydrogens is 332 g/mol. The van der Waals surface area contributed by atoms with Gasteiger partial charge in [0, 0.05) is 24.9 Å². The monoisotopic (exact) mass is 356 g/mol. The molecule has 26 heavy (non-hydrogen) atoms. The number of carbonyl (C=O) groups excluding carboxylic acids is 2. The average molecular weight is 356 g/mol. The van der Waals surface area contributed by atoms with Crippen molar-refractivity contribution in [3.8, 4) is 0 Å². The van der Waals surface area contributed by atoms with Gasteiger partial charge in [0.1, 0.15) is 0 Å². The molecule has 3 rings (SSSR count). The molecule has 0 bridgehead atoms. The van der Waals surface area contributed by atoms with Crippen LogP contribution in [0.5, 0.6) is 0 Å². The van der Waals surface area contributed by atoms with Gasteiger partial charge in [0.2, 0.25) is 0 Å². The van der Waals surface area contributed by atoms with Crippen molar-refractivity contribution in [2.24, 2.45) is 5.41 Å². The average Bonchev–Trinajstić information content (AvgIpc) is 2.94. The van der Waals surface area contributed by atoms with Gasteiger partial charge in [-0.2, -0.15) is 0 Å². The van der Waals surface area contributed by atoms with E-state index >= 15 is 0 Å². The van der Waals surface area contributed by atoms with Crippen LogP contribution in [0.15, 0.2) is 28.8 Å². The molecule has 1 aliphatic rings. The number of nitrogens with zero attached hydrogens (tertiary/aromatic N) is 1. The van der Waals surface area contributed by atoms with E-state index in [1.807, 2.05) is 12.1 Å². The number of aliphatic hydroxyl groups is 1. The molecule has 0 saturated heterocycles. The summed E-state index contributed by atoms with van der Waals surface area (Å²) >= 11 is 0. The molecule has 0 fully saturated rings. The molecule has 1 aromatic heterocycles. The Bertz CT molecular complexity index is 819. The van der Waals surface area contributed by atoms with Gasteiger partial charge in [-0.1, -0.05) is 31.1 Å². The third-order valence-corrected chi connectivity index (χ3v) is 4.54. The second-order valence-corrected chi connectivity index (χ2v) is 7.80. The molecule has 2 N–H and O–H groups in total. The topological polar surface area (TPSA) is 92.4 Å². The minimum Gasteiger partial charge on any atom is -0.392 e. The van der Waals surface area contributed by atoms with Gasteiger partial charge in [-0.3, -0.25) is 9.59 Å². The summed E-state index contributed by atoms with van der Waals surface area (Å²) in [6.45, 7) is 5.94. The van der Waals surface area contributed by atoms with E-state index in [2.05, 4.69) is 24.3 Å². The van der Waals surface area contributed by atoms with Crippen LogP contribution >= 0.6 is 0 Å². The number of aliphatic hydroxyl groups excluding tert-OH is 1. The van der Waals surface area contributed by atoms with Crippen molar-refractivity contribution in [1.29, 1.82) is 0 Å². The summed E-state index contributed by atoms with van der Waals surface area (Å²) in [7, 11) is 0. The summed E-state index contributed by atoms with van der Waals surface area (Å²) in [5.41, 5.74) is 2.75. The third kappa shape index (κ3) is 4.02. The normalized spacial score (nSPS) is 16.8. The van der Waals surface area contributed by atoms with Crippen molar-refractivity contribution in [2.45, 2.75) is 46.1 Å². The number of hydrogen-bond donors (Lipinski definition) is 2. The zero-order chi connectivity index (χ0) is 18.9. The number of rotatable bonds is 5. The van der Waals surface area contributed by atoms with Crippen molar-refractivity contribution in [2.75, 3.05) is 6.54 Å². The zero-order valence-electron chi connectivity index (χ0n) is 15.3. The Kier molecular flexibility index (Phi) is 4.96. The first kappa shape index (κ1) is 18.3. The number of ketones is 1. The second kappa shape index (κ2) is 7.03. The molecule has 0 saturated carbocycles. The van der Waals surface area contributed by atoms with E-state index in [0.29, 0.717) is 29.7 Å². The highest BCUT2D eigenvalue weighted by Crippen LogP contribution is 2.36. The summed E-state index contributed by atoms with van der Waals surface area (Å²) in [6.07, 6.45) is 1.11. The molecule has 6 heteroatoms. The lowest BCUT2D eigenvalue weighted by molar-refractivity contribution is 0.0907. The fourth-order valence-corrected chi connectivity index (χ4v) is 3.26. The van der Waals surface area contributed by atoms with Crippen LogP contribution in [0.2, 0.25) is 0 Å². The van der Waals surface area contributed by atoms with Crippen LogP contribution in [-0.4, -0.2) is 34.6 Å². The maximum atomic E-state index is 12.5. The Balaban J connectivity index is 1.72. The van der Waals surface area contributed by atoms with Crippen molar-refractivity contribution in [1.82, 2.24) is 10.5 Å². The SMILES string of the molecule is CC(O)CNC(=O)c1ccc(Cc2onc3c2C(=O)CC(C)(C)C3)cc1. The first-order valence-corrected chi connectivity index (χ1v) is 8.81. The van der Waals surface area contributed by atoms with Crippen LogP contribution < -0.4 is 5.32 Å². The number of nitrogens with one attached hydrogen (secondary N) is 1. The van der Waals surface area contributed by atoms with Gasteiger partial charge in [-0.15, -0.1) is 0 Å². The summed E-state index contributed by atoms with van der Waals surface area (Å²) in [5.74, 6) is 0.445. The molecular formula is C20H24N2O4. The van der Waals surface area contributed by atoms with Crippen LogP contribution in [0.4, 0.5) is 0 Å². The van der Waals surface area contributed by atoms with Crippen molar-refractivity contribution >= 4 is 11.7 Å². The Hall–Kier alpha value is -2.47. The highest BCUT2D eigenvalue weighted by Gasteiger charge is 2.35. The molecule has 1 amide bonds. The standard InChI is InChI=1S/C20H24N2O4/c1-12(23)11-21-19(25)14-6-4-13(5-7-14)8-17-18-15(22-26-17)9-20(2,3)10-16(18)24/h4-7,12,23H,8-11H2,1-3H3,(H,21,25). The number of Topliss-reactive ketones (excluding diaryl/α,β-unsaturated/α-hetero) is 1. The number of amides is 1. The summed E-state index contributed by atoms with van der Waals surface area (Å²) < 4.78 is 5.45. The van der Waals surface area contributed by atoms with Gasteiger partial charge >= 0.3 is 0 Å². The van der Waals surface area contributed by atoms with Gasteiger partial charge in [0.05, 0.1) is 17.4 Å². The van der Waals surface area contributed by atoms with Crippen molar-refractivity contribution in [3.63, 3.8) is 0 Å². The maximum Gasteiger partial charge on any atom is 0.251 e. The Morgan fingerprint density at radius 1 is 1.31 bits per heavy atom. The van der Waals surface area contributed by atoms with Gasteiger partial charge < -0.3 is 14.9 Å². The van der Waals surface area contributed by atoms with Gasteiger partial charge in [-0.05, 0) is 36.5 Å². The first-order chi connectivity index (χ1) is 12.2. The Labute approximate surface area is 152 Å². The van der Waals surface area contributed by atoms with Gasteiger partial charge in [-0.25, -0.2) is 0 Å². The highest BCUT2D eigenvalue weighted by molar-refractivity contribution is 5.99. The van der Waals surface area contributed by atoms with E-state index in [9.17, 15) is 14.7 Å². The van der Waals surface area contributed by atoms with Gasteiger partial charge in [0.25, 0.3) is 5.91 Å². The van der Waals surface area contributed by atoms with E-state index in [0.717, 1.165) is 17.7 Å². The summed E-state index contributed by atoms with van der Waals surface area (Å²) in [5, 5.41) is 16.0. The first-order valence-electron chi connectivity index (χ1n) is 8.81. The fourth-order valence-electron chi connectivity index (χ4n) is 3.26. The molecule has 1 unspecified atom stereocenters. The molecule has 1 heterocycles. The Morgan fingerprint density at radius 3 is 2.65 bits per heavy atom. The van der Waals surface area contributed by atoms with E-state index in [1.165, 1.54) is 0 Å². The van der Waals surface area contributed by atoms with E-state index < -0.39 is 6.10 Å². The van der Waals surface area contributed by atoms with Crippen LogP contribution in [0, 0.1) is 5.41 Å². The molecule has 1 atom stereocenters. The molecule has 1 aliphatic carbocycles. The largest absolute Gasteiger partial charge is 0.392 e. The minimum atomic E-state index is -0.585. The summed E-state index contributed by atoms with van der Waals surface area (Å²) in [6, 6.07) is 7.12. The number of hydrogen-bond acceptors (Lipinski definition) is 5.